The van der Waals surface area contributed by atoms with Crippen molar-refractivity contribution in [2.75, 3.05) is 44.2 Å². The molecule has 1 saturated heterocycles. The summed E-state index contributed by atoms with van der Waals surface area (Å²) in [5.41, 5.74) is 2.13. The highest BCUT2D eigenvalue weighted by Gasteiger charge is 2.21. The third-order valence-corrected chi connectivity index (χ3v) is 4.70. The number of carbonyl (C=O) groups excluding carboxylic acids is 1. The first-order chi connectivity index (χ1) is 12.7. The van der Waals surface area contributed by atoms with Gasteiger partial charge in [0, 0.05) is 38.3 Å². The number of rotatable bonds is 9. The van der Waals surface area contributed by atoms with Crippen molar-refractivity contribution in [3.05, 3.63) is 29.8 Å². The number of likely N-dealkylation sites (N-methyl/N-ethyl adjacent to an activating group) is 1. The average molecular weight is 487 g/mol. The Morgan fingerprint density at radius 2 is 1.85 bits per heavy atom. The van der Waals surface area contributed by atoms with E-state index in [2.05, 4.69) is 53.4 Å². The van der Waals surface area contributed by atoms with Crippen LogP contribution in [0.15, 0.2) is 29.3 Å². The number of nitrogens with one attached hydrogen (secondary N) is 2. The molecule has 1 aliphatic heterocycles. The van der Waals surface area contributed by atoms with E-state index in [0.717, 1.165) is 62.9 Å². The van der Waals surface area contributed by atoms with Crippen LogP contribution in [0.4, 0.5) is 5.69 Å². The zero-order valence-corrected chi connectivity index (χ0v) is 19.2. The Balaban J connectivity index is 0.00000364. The number of carbonyl (C=O) groups is 1. The summed E-state index contributed by atoms with van der Waals surface area (Å²) in [6.45, 7) is 12.8. The number of nitrogens with zero attached hydrogens (tertiary/aromatic N) is 3. The molecular formula is C20H34IN5O. The van der Waals surface area contributed by atoms with Crippen molar-refractivity contribution in [1.29, 1.82) is 0 Å². The molecule has 7 heteroatoms. The molecule has 1 aliphatic rings. The van der Waals surface area contributed by atoms with Gasteiger partial charge < -0.3 is 20.4 Å². The van der Waals surface area contributed by atoms with Gasteiger partial charge in [0.2, 0.25) is 5.91 Å². The summed E-state index contributed by atoms with van der Waals surface area (Å²) in [4.78, 5) is 20.7. The van der Waals surface area contributed by atoms with Gasteiger partial charge in [0.1, 0.15) is 0 Å². The largest absolute Gasteiger partial charge is 0.357 e. The number of guanidine groups is 1. The Morgan fingerprint density at radius 3 is 2.41 bits per heavy atom. The third-order valence-electron chi connectivity index (χ3n) is 4.70. The van der Waals surface area contributed by atoms with Crippen LogP contribution < -0.4 is 15.5 Å². The number of hydrogen-bond donors (Lipinski definition) is 2. The van der Waals surface area contributed by atoms with Crippen LogP contribution in [0.2, 0.25) is 0 Å². The van der Waals surface area contributed by atoms with Crippen LogP contribution in [-0.2, 0) is 11.3 Å². The summed E-state index contributed by atoms with van der Waals surface area (Å²) < 4.78 is 0. The third kappa shape index (κ3) is 7.65. The molecule has 152 valence electrons. The lowest BCUT2D eigenvalue weighted by molar-refractivity contribution is -0.117. The van der Waals surface area contributed by atoms with E-state index >= 15 is 0 Å². The van der Waals surface area contributed by atoms with Gasteiger partial charge in [0.25, 0.3) is 0 Å². The fourth-order valence-electron chi connectivity index (χ4n) is 3.09. The van der Waals surface area contributed by atoms with Gasteiger partial charge in [-0.25, -0.2) is 4.99 Å². The van der Waals surface area contributed by atoms with Gasteiger partial charge in [-0.3, -0.25) is 4.79 Å². The Hall–Kier alpha value is -1.35. The predicted octanol–water partition coefficient (Wildman–Crippen LogP) is 2.83. The lowest BCUT2D eigenvalue weighted by atomic mass is 10.2. The highest BCUT2D eigenvalue weighted by molar-refractivity contribution is 14.0. The van der Waals surface area contributed by atoms with Crippen LogP contribution in [0.5, 0.6) is 0 Å². The van der Waals surface area contributed by atoms with E-state index < -0.39 is 0 Å². The molecule has 2 rings (SSSR count). The molecule has 1 aromatic rings. The second kappa shape index (κ2) is 12.9. The molecule has 0 bridgehead atoms. The van der Waals surface area contributed by atoms with Crippen molar-refractivity contribution in [2.45, 2.75) is 40.2 Å². The topological polar surface area (TPSA) is 60.0 Å². The van der Waals surface area contributed by atoms with Crippen molar-refractivity contribution < 1.29 is 4.79 Å². The van der Waals surface area contributed by atoms with Crippen molar-refractivity contribution in [3.63, 3.8) is 0 Å². The molecule has 2 N–H and O–H groups in total. The van der Waals surface area contributed by atoms with Gasteiger partial charge in [0.05, 0.1) is 6.54 Å². The molecule has 6 nitrogen and oxygen atoms in total. The highest BCUT2D eigenvalue weighted by Crippen LogP contribution is 2.21. The fraction of sp³-hybridized carbons (Fsp3) is 0.600. The molecule has 0 aliphatic carbocycles. The molecule has 0 saturated carbocycles. The molecule has 1 aromatic carbocycles. The monoisotopic (exact) mass is 487 g/mol. The average Bonchev–Trinajstić information content (AvgIpc) is 3.09. The summed E-state index contributed by atoms with van der Waals surface area (Å²) >= 11 is 0. The predicted molar refractivity (Wildman–Crippen MR) is 124 cm³/mol. The van der Waals surface area contributed by atoms with Crippen molar-refractivity contribution >= 4 is 41.5 Å². The van der Waals surface area contributed by atoms with Crippen LogP contribution in [-0.4, -0.2) is 56.0 Å². The summed E-state index contributed by atoms with van der Waals surface area (Å²) in [5.74, 6) is 1.07. The number of amides is 1. The SMILES string of the molecule is CCNC(=NCc1ccc(N2CCCC2=O)cc1)NCCN(CC)CC.I. The minimum atomic E-state index is 0. The molecule has 1 heterocycles. The number of aliphatic imine (C=N–C) groups is 1. The van der Waals surface area contributed by atoms with Crippen molar-refractivity contribution in [3.8, 4) is 0 Å². The van der Waals surface area contributed by atoms with Gasteiger partial charge in [-0.05, 0) is 44.1 Å². The van der Waals surface area contributed by atoms with E-state index in [4.69, 9.17) is 0 Å². The smallest absolute Gasteiger partial charge is 0.227 e. The standard InChI is InChI=1S/C20H33N5O.HI/c1-4-21-20(22-13-15-24(5-2)6-3)23-16-17-9-11-18(12-10-17)25-14-7-8-19(25)26;/h9-12H,4-8,13-16H2,1-3H3,(H2,21,22,23);1H. The molecule has 0 radical (unpaired) electrons. The Bertz CT molecular complexity index is 587. The van der Waals surface area contributed by atoms with Gasteiger partial charge >= 0.3 is 0 Å². The Morgan fingerprint density at radius 1 is 1.15 bits per heavy atom. The van der Waals surface area contributed by atoms with Gasteiger partial charge in [0.15, 0.2) is 5.96 Å². The summed E-state index contributed by atoms with van der Waals surface area (Å²) in [5, 5.41) is 6.69. The van der Waals surface area contributed by atoms with Gasteiger partial charge in [-0.2, -0.15) is 0 Å². The van der Waals surface area contributed by atoms with Crippen LogP contribution in [0.25, 0.3) is 0 Å². The minimum absolute atomic E-state index is 0. The molecule has 1 fully saturated rings. The second-order valence-electron chi connectivity index (χ2n) is 6.46. The molecular weight excluding hydrogens is 453 g/mol. The normalized spacial score (nSPS) is 14.4. The maximum absolute atomic E-state index is 11.8. The first-order valence-corrected chi connectivity index (χ1v) is 9.81. The summed E-state index contributed by atoms with van der Waals surface area (Å²) in [6, 6.07) is 8.16. The highest BCUT2D eigenvalue weighted by atomic mass is 127. The quantitative estimate of drug-likeness (QED) is 0.320. The van der Waals surface area contributed by atoms with Crippen molar-refractivity contribution in [1.82, 2.24) is 15.5 Å². The first-order valence-electron chi connectivity index (χ1n) is 9.81. The zero-order chi connectivity index (χ0) is 18.8. The number of anilines is 1. The lowest BCUT2D eigenvalue weighted by Crippen LogP contribution is -2.41. The van der Waals surface area contributed by atoms with E-state index in [1.165, 1.54) is 0 Å². The van der Waals surface area contributed by atoms with E-state index in [1.54, 1.807) is 0 Å². The maximum atomic E-state index is 11.8. The van der Waals surface area contributed by atoms with Crippen LogP contribution >= 0.6 is 24.0 Å². The van der Waals surface area contributed by atoms with Crippen LogP contribution in [0, 0.1) is 0 Å². The second-order valence-corrected chi connectivity index (χ2v) is 6.46. The fourth-order valence-corrected chi connectivity index (χ4v) is 3.09. The molecule has 27 heavy (non-hydrogen) atoms. The van der Waals surface area contributed by atoms with E-state index in [1.807, 2.05) is 17.0 Å². The maximum Gasteiger partial charge on any atom is 0.227 e. The van der Waals surface area contributed by atoms with Crippen LogP contribution in [0.3, 0.4) is 0 Å². The Labute approximate surface area is 180 Å². The first kappa shape index (κ1) is 23.7. The zero-order valence-electron chi connectivity index (χ0n) is 16.8. The van der Waals surface area contributed by atoms with Crippen LogP contribution in [0.1, 0.15) is 39.2 Å². The summed E-state index contributed by atoms with van der Waals surface area (Å²) in [6.07, 6.45) is 1.62. The number of halogens is 1. The molecule has 0 aromatic heterocycles. The number of hydrogen-bond acceptors (Lipinski definition) is 3. The molecule has 0 unspecified atom stereocenters. The lowest BCUT2D eigenvalue weighted by Gasteiger charge is -2.19. The van der Waals surface area contributed by atoms with E-state index in [0.29, 0.717) is 13.0 Å². The van der Waals surface area contributed by atoms with E-state index in [9.17, 15) is 4.79 Å². The summed E-state index contributed by atoms with van der Waals surface area (Å²) in [7, 11) is 0. The van der Waals surface area contributed by atoms with Crippen molar-refractivity contribution in [2.24, 2.45) is 4.99 Å². The molecule has 0 atom stereocenters. The van der Waals surface area contributed by atoms with Gasteiger partial charge in [-0.15, -0.1) is 24.0 Å². The molecule has 0 spiro atoms. The Kier molecular flexibility index (Phi) is 11.3. The minimum Gasteiger partial charge on any atom is -0.357 e. The number of benzene rings is 1. The molecule has 1 amide bonds. The van der Waals surface area contributed by atoms with E-state index in [-0.39, 0.29) is 29.9 Å². The van der Waals surface area contributed by atoms with Gasteiger partial charge in [-0.1, -0.05) is 26.0 Å².